The predicted molar refractivity (Wildman–Crippen MR) is 96.8 cm³/mol. The van der Waals surface area contributed by atoms with Gasteiger partial charge in [-0.05, 0) is 30.7 Å². The fraction of sp³-hybridized carbons (Fsp3) is 0.316. The van der Waals surface area contributed by atoms with Crippen LogP contribution >= 0.6 is 15.9 Å². The van der Waals surface area contributed by atoms with Crippen LogP contribution in [0.4, 0.5) is 10.5 Å². The van der Waals surface area contributed by atoms with Gasteiger partial charge in [-0.15, -0.1) is 0 Å². The molecule has 0 aliphatic carbocycles. The number of hydrogen-bond acceptors (Lipinski definition) is 4. The first-order valence-electron chi connectivity index (χ1n) is 7.98. The number of rotatable bonds is 3. The number of anilines is 1. The Labute approximate surface area is 150 Å². The van der Waals surface area contributed by atoms with E-state index in [1.807, 2.05) is 48.5 Å². The Bertz CT molecular complexity index is 720. The Morgan fingerprint density at radius 1 is 1.17 bits per heavy atom. The molecule has 3 rings (SSSR count). The SMILES string of the molecule is C[C@H]1[C@H](C)Nc2ccc(Br)cc2[C@@H]1OC(=O)OCc1ccccc1. The Morgan fingerprint density at radius 2 is 1.92 bits per heavy atom. The second-order valence-electron chi connectivity index (χ2n) is 6.09. The molecule has 0 saturated heterocycles. The van der Waals surface area contributed by atoms with Crippen LogP contribution in [0.5, 0.6) is 0 Å². The number of nitrogens with one attached hydrogen (secondary N) is 1. The highest BCUT2D eigenvalue weighted by molar-refractivity contribution is 9.10. The van der Waals surface area contributed by atoms with Gasteiger partial charge < -0.3 is 14.8 Å². The quantitative estimate of drug-likeness (QED) is 0.724. The lowest BCUT2D eigenvalue weighted by molar-refractivity contribution is -0.00397. The maximum absolute atomic E-state index is 12.2. The van der Waals surface area contributed by atoms with Crippen LogP contribution in [0.2, 0.25) is 0 Å². The molecule has 0 unspecified atom stereocenters. The highest BCUT2D eigenvalue weighted by Gasteiger charge is 2.34. The van der Waals surface area contributed by atoms with Crippen LogP contribution in [0.1, 0.15) is 31.1 Å². The molecule has 2 aromatic rings. The van der Waals surface area contributed by atoms with Crippen molar-refractivity contribution in [3.05, 3.63) is 64.1 Å². The van der Waals surface area contributed by atoms with Crippen LogP contribution < -0.4 is 5.32 Å². The number of fused-ring (bicyclic) bond motifs is 1. The third kappa shape index (κ3) is 3.73. The summed E-state index contributed by atoms with van der Waals surface area (Å²) in [6.07, 6.45) is -0.979. The fourth-order valence-corrected chi connectivity index (χ4v) is 3.23. The summed E-state index contributed by atoms with van der Waals surface area (Å²) in [6.45, 7) is 4.36. The smallest absolute Gasteiger partial charge is 0.429 e. The minimum atomic E-state index is -0.643. The van der Waals surface area contributed by atoms with Crippen molar-refractivity contribution in [3.8, 4) is 0 Å². The van der Waals surface area contributed by atoms with Gasteiger partial charge in [0.05, 0.1) is 0 Å². The van der Waals surface area contributed by atoms with Crippen LogP contribution in [0, 0.1) is 5.92 Å². The van der Waals surface area contributed by atoms with Crippen molar-refractivity contribution in [2.45, 2.75) is 32.6 Å². The van der Waals surface area contributed by atoms with Crippen LogP contribution in [0.25, 0.3) is 0 Å². The maximum Gasteiger partial charge on any atom is 0.509 e. The molecule has 126 valence electrons. The fourth-order valence-electron chi connectivity index (χ4n) is 2.85. The highest BCUT2D eigenvalue weighted by atomic mass is 79.9. The topological polar surface area (TPSA) is 47.6 Å². The molecule has 0 amide bonds. The first-order valence-corrected chi connectivity index (χ1v) is 8.77. The number of carbonyl (C=O) groups is 1. The molecule has 0 spiro atoms. The molecule has 0 aromatic heterocycles. The van der Waals surface area contributed by atoms with Crippen LogP contribution in [-0.2, 0) is 16.1 Å². The van der Waals surface area contributed by atoms with E-state index in [-0.39, 0.29) is 24.7 Å². The molecule has 1 aliphatic heterocycles. The van der Waals surface area contributed by atoms with E-state index < -0.39 is 6.16 Å². The van der Waals surface area contributed by atoms with Crippen LogP contribution in [0.3, 0.4) is 0 Å². The van der Waals surface area contributed by atoms with Gasteiger partial charge in [0.2, 0.25) is 0 Å². The van der Waals surface area contributed by atoms with Gasteiger partial charge in [-0.3, -0.25) is 0 Å². The summed E-state index contributed by atoms with van der Waals surface area (Å²) in [4.78, 5) is 12.2. The molecule has 1 N–H and O–H groups in total. The van der Waals surface area contributed by atoms with Crippen molar-refractivity contribution in [1.29, 1.82) is 0 Å². The molecule has 1 aliphatic rings. The van der Waals surface area contributed by atoms with Gasteiger partial charge in [0.25, 0.3) is 0 Å². The first-order chi connectivity index (χ1) is 11.5. The zero-order chi connectivity index (χ0) is 17.1. The van der Waals surface area contributed by atoms with Gasteiger partial charge >= 0.3 is 6.16 Å². The molecule has 4 nitrogen and oxygen atoms in total. The van der Waals surface area contributed by atoms with E-state index >= 15 is 0 Å². The molecule has 0 bridgehead atoms. The van der Waals surface area contributed by atoms with Crippen LogP contribution in [-0.4, -0.2) is 12.2 Å². The molecular weight excluding hydrogens is 370 g/mol. The first kappa shape index (κ1) is 16.8. The van der Waals surface area contributed by atoms with E-state index in [1.165, 1.54) is 0 Å². The average molecular weight is 390 g/mol. The maximum atomic E-state index is 12.2. The number of halogens is 1. The van der Waals surface area contributed by atoms with Crippen molar-refractivity contribution < 1.29 is 14.3 Å². The second kappa shape index (κ2) is 7.26. The lowest BCUT2D eigenvalue weighted by Crippen LogP contribution is -2.36. The zero-order valence-corrected chi connectivity index (χ0v) is 15.2. The molecule has 0 fully saturated rings. The molecular formula is C19H20BrNO3. The largest absolute Gasteiger partial charge is 0.509 e. The summed E-state index contributed by atoms with van der Waals surface area (Å²) < 4.78 is 11.9. The van der Waals surface area contributed by atoms with Gasteiger partial charge in [0.15, 0.2) is 0 Å². The van der Waals surface area contributed by atoms with E-state index in [2.05, 4.69) is 35.1 Å². The molecule has 2 aromatic carbocycles. The summed E-state index contributed by atoms with van der Waals surface area (Å²) in [5.74, 6) is 0.135. The minimum absolute atomic E-state index is 0.135. The van der Waals surface area contributed by atoms with E-state index in [4.69, 9.17) is 9.47 Å². The van der Waals surface area contributed by atoms with Crippen molar-refractivity contribution in [2.24, 2.45) is 5.92 Å². The summed E-state index contributed by atoms with van der Waals surface area (Å²) in [6, 6.07) is 15.7. The summed E-state index contributed by atoms with van der Waals surface area (Å²) in [5, 5.41) is 3.44. The van der Waals surface area contributed by atoms with Crippen molar-refractivity contribution >= 4 is 27.8 Å². The number of carbonyl (C=O) groups excluding carboxylic acids is 1. The van der Waals surface area contributed by atoms with Gasteiger partial charge in [0, 0.05) is 27.7 Å². The van der Waals surface area contributed by atoms with E-state index in [9.17, 15) is 4.79 Å². The zero-order valence-electron chi connectivity index (χ0n) is 13.7. The highest BCUT2D eigenvalue weighted by Crippen LogP contribution is 2.40. The molecule has 3 atom stereocenters. The Morgan fingerprint density at radius 3 is 2.67 bits per heavy atom. The third-order valence-electron chi connectivity index (χ3n) is 4.39. The summed E-state index contributed by atoms with van der Waals surface area (Å²) in [7, 11) is 0. The molecule has 5 heteroatoms. The molecule has 0 saturated carbocycles. The van der Waals surface area contributed by atoms with Crippen molar-refractivity contribution in [2.75, 3.05) is 5.32 Å². The van der Waals surface area contributed by atoms with Gasteiger partial charge in [0.1, 0.15) is 12.7 Å². The van der Waals surface area contributed by atoms with E-state index in [0.717, 1.165) is 21.3 Å². The third-order valence-corrected chi connectivity index (χ3v) is 4.89. The summed E-state index contributed by atoms with van der Waals surface area (Å²) >= 11 is 3.48. The Kier molecular flexibility index (Phi) is 5.09. The molecule has 24 heavy (non-hydrogen) atoms. The Balaban J connectivity index is 1.71. The lowest BCUT2D eigenvalue weighted by atomic mass is 9.86. The van der Waals surface area contributed by atoms with Crippen LogP contribution in [0.15, 0.2) is 53.0 Å². The normalized spacial score (nSPS) is 22.2. The van der Waals surface area contributed by atoms with Crippen molar-refractivity contribution in [1.82, 2.24) is 0 Å². The number of benzene rings is 2. The second-order valence-corrected chi connectivity index (χ2v) is 7.00. The Hall–Kier alpha value is -2.01. The van der Waals surface area contributed by atoms with Crippen molar-refractivity contribution in [3.63, 3.8) is 0 Å². The number of ether oxygens (including phenoxy) is 2. The number of hydrogen-bond donors (Lipinski definition) is 1. The average Bonchev–Trinajstić information content (AvgIpc) is 2.59. The van der Waals surface area contributed by atoms with E-state index in [1.54, 1.807) is 0 Å². The monoisotopic (exact) mass is 389 g/mol. The molecule has 0 radical (unpaired) electrons. The van der Waals surface area contributed by atoms with Gasteiger partial charge in [-0.25, -0.2) is 4.79 Å². The summed E-state index contributed by atoms with van der Waals surface area (Å²) in [5.41, 5.74) is 2.89. The molecule has 1 heterocycles. The standard InChI is InChI=1S/C19H20BrNO3/c1-12-13(2)21-17-9-8-15(20)10-16(17)18(12)24-19(22)23-11-14-6-4-3-5-7-14/h3-10,12-13,18,21H,11H2,1-2H3/t12-,13-,18+/m0/s1. The lowest BCUT2D eigenvalue weighted by Gasteiger charge is -2.36. The van der Waals surface area contributed by atoms with E-state index in [0.29, 0.717) is 0 Å². The minimum Gasteiger partial charge on any atom is -0.429 e. The van der Waals surface area contributed by atoms with Gasteiger partial charge in [-0.1, -0.05) is 53.2 Å². The predicted octanol–water partition coefficient (Wildman–Crippen LogP) is 5.29. The van der Waals surface area contributed by atoms with Gasteiger partial charge in [-0.2, -0.15) is 0 Å².